The van der Waals surface area contributed by atoms with Crippen molar-refractivity contribution in [3.05, 3.63) is 21.4 Å². The number of aryl methyl sites for hydroxylation is 1. The number of rotatable bonds is 5. The first-order chi connectivity index (χ1) is 8.72. The van der Waals surface area contributed by atoms with Gasteiger partial charge < -0.3 is 10.1 Å². The highest BCUT2D eigenvalue weighted by Crippen LogP contribution is 2.24. The second-order valence-corrected chi connectivity index (χ2v) is 6.40. The van der Waals surface area contributed by atoms with Crippen LogP contribution in [0.4, 0.5) is 0 Å². The summed E-state index contributed by atoms with van der Waals surface area (Å²) in [7, 11) is 3.83. The molecule has 1 saturated heterocycles. The van der Waals surface area contributed by atoms with Crippen molar-refractivity contribution in [2.75, 3.05) is 27.2 Å². The van der Waals surface area contributed by atoms with Gasteiger partial charge in [0, 0.05) is 36.5 Å². The second-order valence-electron chi connectivity index (χ2n) is 5.06. The van der Waals surface area contributed by atoms with Crippen molar-refractivity contribution < 1.29 is 4.74 Å². The number of nitrogens with zero attached hydrogens (tertiary/aromatic N) is 1. The van der Waals surface area contributed by atoms with Gasteiger partial charge in [-0.1, -0.05) is 0 Å². The Bertz CT molecular complexity index is 378. The van der Waals surface area contributed by atoms with Crippen LogP contribution in [0.1, 0.15) is 28.2 Å². The topological polar surface area (TPSA) is 24.5 Å². The van der Waals surface area contributed by atoms with Gasteiger partial charge in [0.05, 0.1) is 6.10 Å². The number of methoxy groups -OCH3 is 1. The number of ether oxygens (including phenoxy) is 1. The number of hydrogen-bond acceptors (Lipinski definition) is 4. The van der Waals surface area contributed by atoms with E-state index in [9.17, 15) is 0 Å². The summed E-state index contributed by atoms with van der Waals surface area (Å²) in [4.78, 5) is 5.42. The molecule has 0 aliphatic carbocycles. The number of thiophene rings is 1. The van der Waals surface area contributed by atoms with E-state index in [0.29, 0.717) is 6.10 Å². The van der Waals surface area contributed by atoms with Crippen molar-refractivity contribution in [3.63, 3.8) is 0 Å². The van der Waals surface area contributed by atoms with Crippen LogP contribution in [0.5, 0.6) is 0 Å². The lowest BCUT2D eigenvalue weighted by Gasteiger charge is -2.31. The first-order valence-electron chi connectivity index (χ1n) is 6.71. The maximum atomic E-state index is 5.48. The van der Waals surface area contributed by atoms with Gasteiger partial charge in [0.1, 0.15) is 0 Å². The highest BCUT2D eigenvalue weighted by molar-refractivity contribution is 7.12. The van der Waals surface area contributed by atoms with E-state index in [2.05, 4.69) is 23.2 Å². The molecule has 2 heterocycles. The first-order valence-corrected chi connectivity index (χ1v) is 7.52. The molecule has 1 atom stereocenters. The summed E-state index contributed by atoms with van der Waals surface area (Å²) in [5.74, 6) is 0. The number of nitrogens with one attached hydrogen (secondary N) is 1. The van der Waals surface area contributed by atoms with Gasteiger partial charge in [0.2, 0.25) is 0 Å². The van der Waals surface area contributed by atoms with Crippen molar-refractivity contribution in [1.29, 1.82) is 0 Å². The monoisotopic (exact) mass is 268 g/mol. The van der Waals surface area contributed by atoms with Gasteiger partial charge in [-0.05, 0) is 45.0 Å². The molecule has 0 bridgehead atoms. The third kappa shape index (κ3) is 3.54. The van der Waals surface area contributed by atoms with Crippen LogP contribution in [-0.4, -0.2) is 38.3 Å². The molecule has 0 amide bonds. The molecule has 1 aliphatic heterocycles. The third-order valence-corrected chi connectivity index (χ3v) is 4.70. The molecule has 18 heavy (non-hydrogen) atoms. The van der Waals surface area contributed by atoms with Gasteiger partial charge in [-0.25, -0.2) is 0 Å². The number of hydrogen-bond donors (Lipinski definition) is 1. The molecule has 1 aliphatic rings. The van der Waals surface area contributed by atoms with Gasteiger partial charge in [-0.3, -0.25) is 4.90 Å². The molecular weight excluding hydrogens is 244 g/mol. The maximum Gasteiger partial charge on any atom is 0.0698 e. The Kier molecular flexibility index (Phi) is 5.18. The molecule has 1 aromatic rings. The number of piperidine rings is 1. The first kappa shape index (κ1) is 14.0. The average Bonchev–Trinajstić information content (AvgIpc) is 2.70. The quantitative estimate of drug-likeness (QED) is 0.887. The Morgan fingerprint density at radius 3 is 3.11 bits per heavy atom. The molecule has 1 N–H and O–H groups in total. The largest absolute Gasteiger partial charge is 0.380 e. The minimum atomic E-state index is 0.425. The van der Waals surface area contributed by atoms with E-state index in [1.165, 1.54) is 34.7 Å². The van der Waals surface area contributed by atoms with Crippen LogP contribution >= 0.6 is 11.3 Å². The lowest BCUT2D eigenvalue weighted by Crippen LogP contribution is -2.38. The van der Waals surface area contributed by atoms with Gasteiger partial charge >= 0.3 is 0 Å². The van der Waals surface area contributed by atoms with E-state index in [1.807, 2.05) is 25.5 Å². The van der Waals surface area contributed by atoms with Gasteiger partial charge in [-0.15, -0.1) is 11.3 Å². The Morgan fingerprint density at radius 1 is 1.56 bits per heavy atom. The lowest BCUT2D eigenvalue weighted by molar-refractivity contribution is 0.0285. The molecule has 102 valence electrons. The zero-order valence-electron chi connectivity index (χ0n) is 11.7. The molecule has 0 spiro atoms. The van der Waals surface area contributed by atoms with Crippen LogP contribution < -0.4 is 5.32 Å². The zero-order valence-corrected chi connectivity index (χ0v) is 12.5. The zero-order chi connectivity index (χ0) is 13.0. The summed E-state index contributed by atoms with van der Waals surface area (Å²) in [6.45, 7) is 6.57. The summed E-state index contributed by atoms with van der Waals surface area (Å²) >= 11 is 1.91. The minimum absolute atomic E-state index is 0.425. The molecule has 0 radical (unpaired) electrons. The summed E-state index contributed by atoms with van der Waals surface area (Å²) < 4.78 is 5.48. The molecule has 0 aromatic carbocycles. The third-order valence-electron chi connectivity index (χ3n) is 3.61. The van der Waals surface area contributed by atoms with E-state index in [0.717, 1.165) is 19.6 Å². The van der Waals surface area contributed by atoms with Gasteiger partial charge in [0.25, 0.3) is 0 Å². The second kappa shape index (κ2) is 6.66. The summed E-state index contributed by atoms with van der Waals surface area (Å²) in [5, 5.41) is 3.22. The fourth-order valence-corrected chi connectivity index (χ4v) is 3.66. The van der Waals surface area contributed by atoms with Crippen molar-refractivity contribution in [3.8, 4) is 0 Å². The fourth-order valence-electron chi connectivity index (χ4n) is 2.60. The normalized spacial score (nSPS) is 21.4. The summed E-state index contributed by atoms with van der Waals surface area (Å²) in [5.41, 5.74) is 1.49. The van der Waals surface area contributed by atoms with E-state index >= 15 is 0 Å². The van der Waals surface area contributed by atoms with Crippen LogP contribution in [-0.2, 0) is 17.8 Å². The fraction of sp³-hybridized carbons (Fsp3) is 0.714. The highest BCUT2D eigenvalue weighted by Gasteiger charge is 2.20. The molecule has 3 nitrogen and oxygen atoms in total. The maximum absolute atomic E-state index is 5.48. The molecule has 4 heteroatoms. The van der Waals surface area contributed by atoms with Crippen molar-refractivity contribution in [2.45, 2.75) is 39.0 Å². The van der Waals surface area contributed by atoms with Crippen molar-refractivity contribution in [1.82, 2.24) is 10.2 Å². The number of likely N-dealkylation sites (tertiary alicyclic amines) is 1. The van der Waals surface area contributed by atoms with Crippen LogP contribution in [0.25, 0.3) is 0 Å². The average molecular weight is 268 g/mol. The smallest absolute Gasteiger partial charge is 0.0698 e. The summed E-state index contributed by atoms with van der Waals surface area (Å²) in [6.07, 6.45) is 2.89. The van der Waals surface area contributed by atoms with Crippen LogP contribution in [0.3, 0.4) is 0 Å². The van der Waals surface area contributed by atoms with Crippen molar-refractivity contribution in [2.24, 2.45) is 0 Å². The molecular formula is C14H24N2OS. The molecule has 1 fully saturated rings. The predicted octanol–water partition coefficient (Wildman–Crippen LogP) is 2.39. The van der Waals surface area contributed by atoms with Crippen molar-refractivity contribution >= 4 is 11.3 Å². The van der Waals surface area contributed by atoms with Crippen LogP contribution in [0.2, 0.25) is 0 Å². The highest BCUT2D eigenvalue weighted by atomic mass is 32.1. The molecule has 2 rings (SSSR count). The summed E-state index contributed by atoms with van der Waals surface area (Å²) in [6, 6.07) is 2.35. The van der Waals surface area contributed by atoms with E-state index < -0.39 is 0 Å². The van der Waals surface area contributed by atoms with Crippen LogP contribution in [0.15, 0.2) is 6.07 Å². The Balaban J connectivity index is 1.95. The minimum Gasteiger partial charge on any atom is -0.380 e. The Hall–Kier alpha value is -0.420. The Labute approximate surface area is 114 Å². The van der Waals surface area contributed by atoms with E-state index in [1.54, 1.807) is 0 Å². The molecule has 1 aromatic heterocycles. The molecule has 0 saturated carbocycles. The van der Waals surface area contributed by atoms with Gasteiger partial charge in [-0.2, -0.15) is 0 Å². The molecule has 1 unspecified atom stereocenters. The Morgan fingerprint density at radius 2 is 2.39 bits per heavy atom. The van der Waals surface area contributed by atoms with E-state index in [4.69, 9.17) is 4.74 Å². The predicted molar refractivity (Wildman–Crippen MR) is 77.1 cm³/mol. The van der Waals surface area contributed by atoms with E-state index in [-0.39, 0.29) is 0 Å². The van der Waals surface area contributed by atoms with Crippen LogP contribution in [0, 0.1) is 6.92 Å². The lowest BCUT2D eigenvalue weighted by atomic mass is 10.1. The van der Waals surface area contributed by atoms with Gasteiger partial charge in [0.15, 0.2) is 0 Å². The SMILES string of the molecule is CNCc1cc(CN2CCCC(OC)C2)c(C)s1. The standard InChI is InChI=1S/C14H24N2OS/c1-11-12(7-14(18-11)8-15-2)9-16-6-4-5-13(10-16)17-3/h7,13,15H,4-6,8-10H2,1-3H3.